The number of imide groups is 1. The van der Waals surface area contributed by atoms with Crippen LogP contribution in [0.1, 0.15) is 22.8 Å². The molecular formula is C22H21N3O4. The van der Waals surface area contributed by atoms with Crippen LogP contribution in [0.5, 0.6) is 5.75 Å². The maximum atomic E-state index is 12.7. The van der Waals surface area contributed by atoms with Crippen LogP contribution in [0.25, 0.3) is 10.9 Å². The predicted molar refractivity (Wildman–Crippen MR) is 108 cm³/mol. The minimum Gasteiger partial charge on any atom is -0.491 e. The lowest BCUT2D eigenvalue weighted by molar-refractivity contribution is -0.127. The van der Waals surface area contributed by atoms with Crippen LogP contribution in [0.4, 0.5) is 4.79 Å². The fourth-order valence-electron chi connectivity index (χ4n) is 3.58. The number of aromatic amines is 1. The van der Waals surface area contributed by atoms with Gasteiger partial charge in [-0.05, 0) is 30.7 Å². The molecule has 1 aromatic heterocycles. The van der Waals surface area contributed by atoms with Gasteiger partial charge in [0.15, 0.2) is 5.78 Å². The number of ketones is 1. The van der Waals surface area contributed by atoms with Crippen LogP contribution in [0, 0.1) is 0 Å². The monoisotopic (exact) mass is 391 g/mol. The maximum absolute atomic E-state index is 12.7. The summed E-state index contributed by atoms with van der Waals surface area (Å²) in [5, 5.41) is 3.79. The van der Waals surface area contributed by atoms with Crippen molar-refractivity contribution in [1.82, 2.24) is 15.2 Å². The standard InChI is InChI=1S/C22H21N3O4/c1-14(26)16-6-3-5-9-20(16)29-11-10-25-21(27)19(24-22(25)28)12-15-13-23-18-8-4-2-7-17(15)18/h2-9,13,19,23H,10-12H2,1H3,(H,24,28)/t19-/m0/s1. The molecular weight excluding hydrogens is 370 g/mol. The Balaban J connectivity index is 1.39. The lowest BCUT2D eigenvalue weighted by Gasteiger charge is -2.15. The number of rotatable bonds is 7. The van der Waals surface area contributed by atoms with Crippen LogP contribution in [0.2, 0.25) is 0 Å². The molecule has 0 bridgehead atoms. The number of para-hydroxylation sites is 2. The van der Waals surface area contributed by atoms with Gasteiger partial charge in [0.25, 0.3) is 5.91 Å². The van der Waals surface area contributed by atoms with Crippen molar-refractivity contribution >= 4 is 28.6 Å². The van der Waals surface area contributed by atoms with E-state index in [0.29, 0.717) is 17.7 Å². The second-order valence-corrected chi connectivity index (χ2v) is 6.96. The number of hydrogen-bond donors (Lipinski definition) is 2. The first kappa shape index (κ1) is 18.7. The summed E-state index contributed by atoms with van der Waals surface area (Å²) in [6, 6.07) is 13.7. The first-order chi connectivity index (χ1) is 14.0. The van der Waals surface area contributed by atoms with Crippen LogP contribution >= 0.6 is 0 Å². The first-order valence-corrected chi connectivity index (χ1v) is 9.44. The van der Waals surface area contributed by atoms with Gasteiger partial charge >= 0.3 is 6.03 Å². The van der Waals surface area contributed by atoms with E-state index in [1.807, 2.05) is 30.5 Å². The molecule has 1 atom stereocenters. The summed E-state index contributed by atoms with van der Waals surface area (Å²) in [6.45, 7) is 1.69. The third-order valence-corrected chi connectivity index (χ3v) is 5.04. The molecule has 4 rings (SSSR count). The topological polar surface area (TPSA) is 91.5 Å². The summed E-state index contributed by atoms with van der Waals surface area (Å²) < 4.78 is 5.66. The van der Waals surface area contributed by atoms with Crippen LogP contribution in [0.15, 0.2) is 54.7 Å². The zero-order chi connectivity index (χ0) is 20.4. The van der Waals surface area contributed by atoms with Gasteiger partial charge in [-0.2, -0.15) is 0 Å². The van der Waals surface area contributed by atoms with Gasteiger partial charge < -0.3 is 15.0 Å². The SMILES string of the molecule is CC(=O)c1ccccc1OCCN1C(=O)N[C@@H](Cc2c[nH]c3ccccc23)C1=O. The molecule has 2 heterocycles. The largest absolute Gasteiger partial charge is 0.491 e. The molecule has 1 fully saturated rings. The molecule has 3 aromatic rings. The maximum Gasteiger partial charge on any atom is 0.324 e. The minimum absolute atomic E-state index is 0.102. The number of ether oxygens (including phenoxy) is 1. The number of fused-ring (bicyclic) bond motifs is 1. The fraction of sp³-hybridized carbons (Fsp3) is 0.227. The van der Waals surface area contributed by atoms with Gasteiger partial charge in [0, 0.05) is 23.5 Å². The number of nitrogens with one attached hydrogen (secondary N) is 2. The molecule has 29 heavy (non-hydrogen) atoms. The van der Waals surface area contributed by atoms with E-state index in [9.17, 15) is 14.4 Å². The Morgan fingerprint density at radius 3 is 2.69 bits per heavy atom. The van der Waals surface area contributed by atoms with E-state index >= 15 is 0 Å². The number of carbonyl (C=O) groups excluding carboxylic acids is 3. The van der Waals surface area contributed by atoms with Crippen molar-refractivity contribution in [3.05, 3.63) is 65.9 Å². The van der Waals surface area contributed by atoms with Gasteiger partial charge in [-0.25, -0.2) is 4.79 Å². The zero-order valence-electron chi connectivity index (χ0n) is 16.0. The minimum atomic E-state index is -0.605. The van der Waals surface area contributed by atoms with Gasteiger partial charge in [-0.15, -0.1) is 0 Å². The zero-order valence-corrected chi connectivity index (χ0v) is 16.0. The molecule has 0 spiro atoms. The van der Waals surface area contributed by atoms with E-state index < -0.39 is 12.1 Å². The Kier molecular flexibility index (Phi) is 5.03. The number of benzene rings is 2. The summed E-state index contributed by atoms with van der Waals surface area (Å²) in [7, 11) is 0. The summed E-state index contributed by atoms with van der Waals surface area (Å²) in [4.78, 5) is 41.0. The summed E-state index contributed by atoms with van der Waals surface area (Å²) in [5.41, 5.74) is 2.45. The van der Waals surface area contributed by atoms with Crippen LogP contribution in [-0.2, 0) is 11.2 Å². The number of carbonyl (C=O) groups is 3. The van der Waals surface area contributed by atoms with E-state index in [1.165, 1.54) is 6.92 Å². The van der Waals surface area contributed by atoms with Crippen LogP contribution in [-0.4, -0.2) is 46.8 Å². The molecule has 3 amide bonds. The van der Waals surface area contributed by atoms with Gasteiger partial charge in [0.1, 0.15) is 18.4 Å². The molecule has 148 valence electrons. The molecule has 2 N–H and O–H groups in total. The highest BCUT2D eigenvalue weighted by molar-refractivity contribution is 6.04. The Bertz CT molecular complexity index is 1090. The lowest BCUT2D eigenvalue weighted by atomic mass is 10.1. The highest BCUT2D eigenvalue weighted by Crippen LogP contribution is 2.22. The molecule has 1 aliphatic heterocycles. The van der Waals surface area contributed by atoms with E-state index in [2.05, 4.69) is 10.3 Å². The van der Waals surface area contributed by atoms with Crippen molar-refractivity contribution in [2.45, 2.75) is 19.4 Å². The number of H-pyrrole nitrogens is 1. The molecule has 1 aliphatic rings. The Morgan fingerprint density at radius 2 is 1.86 bits per heavy atom. The molecule has 0 radical (unpaired) electrons. The van der Waals surface area contributed by atoms with E-state index in [1.54, 1.807) is 24.3 Å². The molecule has 7 heteroatoms. The third kappa shape index (κ3) is 3.71. The Hall–Kier alpha value is -3.61. The van der Waals surface area contributed by atoms with Gasteiger partial charge in [0.2, 0.25) is 0 Å². The summed E-state index contributed by atoms with van der Waals surface area (Å²) >= 11 is 0. The first-order valence-electron chi connectivity index (χ1n) is 9.44. The second-order valence-electron chi connectivity index (χ2n) is 6.96. The molecule has 7 nitrogen and oxygen atoms in total. The van der Waals surface area contributed by atoms with Gasteiger partial charge in [0.05, 0.1) is 12.1 Å². The highest BCUT2D eigenvalue weighted by Gasteiger charge is 2.38. The van der Waals surface area contributed by atoms with Crippen molar-refractivity contribution in [2.24, 2.45) is 0 Å². The van der Waals surface area contributed by atoms with Crippen molar-refractivity contribution in [2.75, 3.05) is 13.2 Å². The number of aromatic nitrogens is 1. The molecule has 2 aromatic carbocycles. The number of amides is 3. The fourth-order valence-corrected chi connectivity index (χ4v) is 3.58. The predicted octanol–water partition coefficient (Wildman–Crippen LogP) is 2.91. The van der Waals surface area contributed by atoms with Crippen molar-refractivity contribution in [3.8, 4) is 5.75 Å². The second kappa shape index (κ2) is 7.79. The average Bonchev–Trinajstić information content (AvgIpc) is 3.24. The van der Waals surface area contributed by atoms with E-state index in [4.69, 9.17) is 4.74 Å². The van der Waals surface area contributed by atoms with Crippen molar-refractivity contribution in [3.63, 3.8) is 0 Å². The van der Waals surface area contributed by atoms with Crippen LogP contribution < -0.4 is 10.1 Å². The number of Topliss-reactive ketones (excluding diaryl/α,β-unsaturated/α-hetero) is 1. The molecule has 0 aliphatic carbocycles. The Labute approximate surface area is 167 Å². The molecule has 0 unspecified atom stereocenters. The van der Waals surface area contributed by atoms with Crippen LogP contribution in [0.3, 0.4) is 0 Å². The van der Waals surface area contributed by atoms with Crippen molar-refractivity contribution < 1.29 is 19.1 Å². The van der Waals surface area contributed by atoms with E-state index in [0.717, 1.165) is 21.4 Å². The lowest BCUT2D eigenvalue weighted by Crippen LogP contribution is -2.35. The summed E-state index contributed by atoms with van der Waals surface area (Å²) in [5.74, 6) is 0.0699. The third-order valence-electron chi connectivity index (χ3n) is 5.04. The normalized spacial score (nSPS) is 16.3. The summed E-state index contributed by atoms with van der Waals surface area (Å²) in [6.07, 6.45) is 2.29. The number of urea groups is 1. The van der Waals surface area contributed by atoms with Gasteiger partial charge in [-0.3, -0.25) is 14.5 Å². The Morgan fingerprint density at radius 1 is 1.10 bits per heavy atom. The average molecular weight is 391 g/mol. The molecule has 1 saturated heterocycles. The quantitative estimate of drug-likeness (QED) is 0.479. The highest BCUT2D eigenvalue weighted by atomic mass is 16.5. The molecule has 0 saturated carbocycles. The smallest absolute Gasteiger partial charge is 0.324 e. The van der Waals surface area contributed by atoms with Gasteiger partial charge in [-0.1, -0.05) is 30.3 Å². The van der Waals surface area contributed by atoms with E-state index in [-0.39, 0.29) is 24.8 Å². The van der Waals surface area contributed by atoms with Crippen molar-refractivity contribution in [1.29, 1.82) is 0 Å². The number of hydrogen-bond acceptors (Lipinski definition) is 4. The number of nitrogens with zero attached hydrogens (tertiary/aromatic N) is 1.